The van der Waals surface area contributed by atoms with Gasteiger partial charge in [-0.2, -0.15) is 0 Å². The SMILES string of the molecule is C[C@H]1CN2C[C@H](NC(=O)c3cnc(N4CCOCC4)nc3)C[C@H]2CO1. The number of carbonyl (C=O) groups excluding carboxylic acids is 1. The quantitative estimate of drug-likeness (QED) is 0.818. The van der Waals surface area contributed by atoms with Crippen LogP contribution in [0.3, 0.4) is 0 Å². The van der Waals surface area contributed by atoms with Crippen LogP contribution in [0.15, 0.2) is 12.4 Å². The van der Waals surface area contributed by atoms with Crippen molar-refractivity contribution in [2.75, 3.05) is 50.9 Å². The van der Waals surface area contributed by atoms with E-state index < -0.39 is 0 Å². The molecular weight excluding hydrogens is 322 g/mol. The number of nitrogens with zero attached hydrogens (tertiary/aromatic N) is 4. The average molecular weight is 347 g/mol. The lowest BCUT2D eigenvalue weighted by Crippen LogP contribution is -2.45. The van der Waals surface area contributed by atoms with E-state index in [1.54, 1.807) is 12.4 Å². The number of fused-ring (bicyclic) bond motifs is 1. The summed E-state index contributed by atoms with van der Waals surface area (Å²) >= 11 is 0. The first-order valence-electron chi connectivity index (χ1n) is 9.00. The first-order chi connectivity index (χ1) is 12.2. The summed E-state index contributed by atoms with van der Waals surface area (Å²) in [7, 11) is 0. The van der Waals surface area contributed by atoms with Gasteiger partial charge < -0.3 is 19.7 Å². The maximum atomic E-state index is 12.5. The molecule has 3 saturated heterocycles. The lowest BCUT2D eigenvalue weighted by Gasteiger charge is -2.33. The number of hydrogen-bond acceptors (Lipinski definition) is 7. The predicted molar refractivity (Wildman–Crippen MR) is 91.7 cm³/mol. The van der Waals surface area contributed by atoms with Gasteiger partial charge in [-0.1, -0.05) is 0 Å². The molecule has 1 N–H and O–H groups in total. The summed E-state index contributed by atoms with van der Waals surface area (Å²) in [5, 5.41) is 3.12. The minimum absolute atomic E-state index is 0.104. The van der Waals surface area contributed by atoms with Crippen molar-refractivity contribution in [3.63, 3.8) is 0 Å². The smallest absolute Gasteiger partial charge is 0.254 e. The molecule has 8 nitrogen and oxygen atoms in total. The maximum Gasteiger partial charge on any atom is 0.254 e. The number of nitrogens with one attached hydrogen (secondary N) is 1. The van der Waals surface area contributed by atoms with Gasteiger partial charge in [-0.25, -0.2) is 9.97 Å². The zero-order chi connectivity index (χ0) is 17.2. The Bertz CT molecular complexity index is 605. The van der Waals surface area contributed by atoms with Gasteiger partial charge in [0.1, 0.15) is 0 Å². The van der Waals surface area contributed by atoms with E-state index in [0.29, 0.717) is 30.8 Å². The summed E-state index contributed by atoms with van der Waals surface area (Å²) < 4.78 is 11.0. The molecule has 4 heterocycles. The average Bonchev–Trinajstić information content (AvgIpc) is 3.04. The van der Waals surface area contributed by atoms with Gasteiger partial charge in [0.05, 0.1) is 31.5 Å². The van der Waals surface area contributed by atoms with Crippen LogP contribution in [0, 0.1) is 0 Å². The topological polar surface area (TPSA) is 79.8 Å². The molecule has 3 atom stereocenters. The van der Waals surface area contributed by atoms with E-state index in [-0.39, 0.29) is 18.1 Å². The van der Waals surface area contributed by atoms with Crippen molar-refractivity contribution in [3.05, 3.63) is 18.0 Å². The molecule has 25 heavy (non-hydrogen) atoms. The summed E-state index contributed by atoms with van der Waals surface area (Å²) in [6.45, 7) is 7.61. The Morgan fingerprint density at radius 2 is 2.00 bits per heavy atom. The molecule has 0 radical (unpaired) electrons. The van der Waals surface area contributed by atoms with E-state index in [2.05, 4.69) is 32.0 Å². The Hall–Kier alpha value is -1.77. The summed E-state index contributed by atoms with van der Waals surface area (Å²) in [4.78, 5) is 25.7. The number of hydrogen-bond donors (Lipinski definition) is 1. The van der Waals surface area contributed by atoms with Crippen LogP contribution in [0.1, 0.15) is 23.7 Å². The van der Waals surface area contributed by atoms with Crippen molar-refractivity contribution < 1.29 is 14.3 Å². The fraction of sp³-hybridized carbons (Fsp3) is 0.706. The maximum absolute atomic E-state index is 12.5. The number of amides is 1. The van der Waals surface area contributed by atoms with Crippen LogP contribution in [-0.4, -0.2) is 85.0 Å². The summed E-state index contributed by atoms with van der Waals surface area (Å²) in [6.07, 6.45) is 4.43. The first kappa shape index (κ1) is 16.7. The number of anilines is 1. The number of morpholine rings is 2. The fourth-order valence-corrected chi connectivity index (χ4v) is 3.78. The molecule has 0 saturated carbocycles. The minimum Gasteiger partial charge on any atom is -0.378 e. The number of aromatic nitrogens is 2. The van der Waals surface area contributed by atoms with Gasteiger partial charge in [-0.3, -0.25) is 9.69 Å². The molecule has 3 aliphatic heterocycles. The highest BCUT2D eigenvalue weighted by Crippen LogP contribution is 2.23. The van der Waals surface area contributed by atoms with Crippen molar-refractivity contribution in [1.29, 1.82) is 0 Å². The fourth-order valence-electron chi connectivity index (χ4n) is 3.78. The highest BCUT2D eigenvalue weighted by molar-refractivity contribution is 5.93. The second-order valence-electron chi connectivity index (χ2n) is 7.03. The van der Waals surface area contributed by atoms with Crippen LogP contribution in [0.2, 0.25) is 0 Å². The normalized spacial score (nSPS) is 30.1. The van der Waals surface area contributed by atoms with Crippen molar-refractivity contribution in [2.24, 2.45) is 0 Å². The van der Waals surface area contributed by atoms with Crippen molar-refractivity contribution in [3.8, 4) is 0 Å². The Labute approximate surface area is 147 Å². The molecule has 136 valence electrons. The van der Waals surface area contributed by atoms with Crippen molar-refractivity contribution >= 4 is 11.9 Å². The van der Waals surface area contributed by atoms with Gasteiger partial charge in [0.2, 0.25) is 5.95 Å². The summed E-state index contributed by atoms with van der Waals surface area (Å²) in [5.41, 5.74) is 0.506. The van der Waals surface area contributed by atoms with Crippen LogP contribution in [-0.2, 0) is 9.47 Å². The highest BCUT2D eigenvalue weighted by atomic mass is 16.5. The molecule has 1 aromatic rings. The largest absolute Gasteiger partial charge is 0.378 e. The molecule has 1 amide bonds. The van der Waals surface area contributed by atoms with Gasteiger partial charge in [-0.15, -0.1) is 0 Å². The molecule has 1 aromatic heterocycles. The lowest BCUT2D eigenvalue weighted by molar-refractivity contribution is -0.0390. The zero-order valence-electron chi connectivity index (χ0n) is 14.6. The van der Waals surface area contributed by atoms with Gasteiger partial charge in [-0.05, 0) is 13.3 Å². The molecule has 0 aromatic carbocycles. The lowest BCUT2D eigenvalue weighted by atomic mass is 10.1. The molecular formula is C17H25N5O3. The van der Waals surface area contributed by atoms with E-state index in [0.717, 1.165) is 39.2 Å². The third-order valence-corrected chi connectivity index (χ3v) is 5.12. The van der Waals surface area contributed by atoms with Gasteiger partial charge >= 0.3 is 0 Å². The first-order valence-corrected chi connectivity index (χ1v) is 9.00. The van der Waals surface area contributed by atoms with Crippen LogP contribution in [0.4, 0.5) is 5.95 Å². The molecule has 0 bridgehead atoms. The van der Waals surface area contributed by atoms with Gasteiger partial charge in [0.25, 0.3) is 5.91 Å². The van der Waals surface area contributed by atoms with E-state index in [4.69, 9.17) is 9.47 Å². The van der Waals surface area contributed by atoms with Crippen LogP contribution in [0.5, 0.6) is 0 Å². The molecule has 8 heteroatoms. The zero-order valence-corrected chi connectivity index (χ0v) is 14.6. The number of ether oxygens (including phenoxy) is 2. The Morgan fingerprint density at radius 3 is 2.76 bits per heavy atom. The van der Waals surface area contributed by atoms with Crippen LogP contribution < -0.4 is 10.2 Å². The van der Waals surface area contributed by atoms with E-state index in [1.807, 2.05) is 0 Å². The monoisotopic (exact) mass is 347 g/mol. The second-order valence-corrected chi connectivity index (χ2v) is 7.03. The third kappa shape index (κ3) is 3.75. The minimum atomic E-state index is -0.104. The molecule has 0 spiro atoms. The second kappa shape index (κ2) is 7.23. The number of carbonyl (C=O) groups is 1. The van der Waals surface area contributed by atoms with Crippen LogP contribution in [0.25, 0.3) is 0 Å². The predicted octanol–water partition coefficient (Wildman–Crippen LogP) is -0.0954. The number of rotatable bonds is 3. The Kier molecular flexibility index (Phi) is 4.82. The Morgan fingerprint density at radius 1 is 1.24 bits per heavy atom. The van der Waals surface area contributed by atoms with E-state index in [9.17, 15) is 4.79 Å². The van der Waals surface area contributed by atoms with E-state index >= 15 is 0 Å². The summed E-state index contributed by atoms with van der Waals surface area (Å²) in [5.74, 6) is 0.552. The molecule has 3 fully saturated rings. The molecule has 0 aliphatic carbocycles. The van der Waals surface area contributed by atoms with E-state index in [1.165, 1.54) is 0 Å². The molecule has 4 rings (SSSR count). The van der Waals surface area contributed by atoms with Gasteiger partial charge in [0.15, 0.2) is 0 Å². The molecule has 3 aliphatic rings. The van der Waals surface area contributed by atoms with Crippen molar-refractivity contribution in [1.82, 2.24) is 20.2 Å². The van der Waals surface area contributed by atoms with Crippen molar-refractivity contribution in [2.45, 2.75) is 31.5 Å². The molecule has 0 unspecified atom stereocenters. The standard InChI is InChI=1S/C17H25N5O3/c1-12-9-22-10-14(6-15(22)11-25-12)20-16(23)13-7-18-17(19-8-13)21-2-4-24-5-3-21/h7-8,12,14-15H,2-6,9-11H2,1H3,(H,20,23)/t12-,14+,15-/m0/s1. The summed E-state index contributed by atoms with van der Waals surface area (Å²) in [6, 6.07) is 0.576. The van der Waals surface area contributed by atoms with Gasteiger partial charge in [0, 0.05) is 50.7 Å². The highest BCUT2D eigenvalue weighted by Gasteiger charge is 2.36. The third-order valence-electron chi connectivity index (χ3n) is 5.12. The van der Waals surface area contributed by atoms with Crippen LogP contribution >= 0.6 is 0 Å². The Balaban J connectivity index is 1.33.